The van der Waals surface area contributed by atoms with E-state index < -0.39 is 17.2 Å². The van der Waals surface area contributed by atoms with E-state index in [0.717, 1.165) is 10.9 Å². The first-order valence-electron chi connectivity index (χ1n) is 6.56. The topological polar surface area (TPSA) is 41.6 Å². The van der Waals surface area contributed by atoms with Crippen LogP contribution in [0.2, 0.25) is 0 Å². The second kappa shape index (κ2) is 5.11. The fourth-order valence-electron chi connectivity index (χ4n) is 2.63. The Morgan fingerprint density at radius 3 is 2.86 bits per heavy atom. The molecule has 6 heteroatoms. The molecule has 1 aliphatic rings. The zero-order chi connectivity index (χ0) is 15.0. The molecule has 1 aromatic heterocycles. The minimum atomic E-state index is -0.703. The third kappa shape index (κ3) is 2.40. The molecule has 0 spiro atoms. The maximum absolute atomic E-state index is 14.2. The van der Waals surface area contributed by atoms with Crippen molar-refractivity contribution in [3.05, 3.63) is 57.8 Å². The molecular formula is C15H15F2N3S. The first-order valence-corrected chi connectivity index (χ1v) is 7.44. The van der Waals surface area contributed by atoms with Gasteiger partial charge >= 0.3 is 0 Å². The molecule has 1 unspecified atom stereocenters. The molecule has 0 fully saturated rings. The number of aliphatic imine (C=N–C) groups is 1. The Kier molecular flexibility index (Phi) is 3.41. The van der Waals surface area contributed by atoms with Crippen molar-refractivity contribution in [1.82, 2.24) is 4.90 Å². The largest absolute Gasteiger partial charge is 0.370 e. The molecule has 1 atom stereocenters. The number of thiophene rings is 1. The quantitative estimate of drug-likeness (QED) is 0.947. The molecule has 1 aromatic carbocycles. The highest BCUT2D eigenvalue weighted by Crippen LogP contribution is 2.36. The first kappa shape index (κ1) is 14.0. The van der Waals surface area contributed by atoms with Crippen molar-refractivity contribution >= 4 is 17.3 Å². The Bertz CT molecular complexity index is 684. The highest BCUT2D eigenvalue weighted by molar-refractivity contribution is 7.09. The lowest BCUT2D eigenvalue weighted by molar-refractivity contribution is 0.212. The molecule has 21 heavy (non-hydrogen) atoms. The molecule has 0 saturated carbocycles. The van der Waals surface area contributed by atoms with Crippen molar-refractivity contribution < 1.29 is 8.78 Å². The number of nitrogens with zero attached hydrogens (tertiary/aromatic N) is 2. The molecule has 0 aliphatic carbocycles. The van der Waals surface area contributed by atoms with Crippen LogP contribution in [-0.2, 0) is 12.1 Å². The number of benzene rings is 1. The van der Waals surface area contributed by atoms with E-state index >= 15 is 0 Å². The number of hydrogen-bond acceptors (Lipinski definition) is 4. The van der Waals surface area contributed by atoms with Gasteiger partial charge in [-0.05, 0) is 24.4 Å². The minimum Gasteiger partial charge on any atom is -0.370 e. The number of hydrogen-bond donors (Lipinski definition) is 1. The van der Waals surface area contributed by atoms with Crippen LogP contribution in [0.3, 0.4) is 0 Å². The van der Waals surface area contributed by atoms with Gasteiger partial charge in [0.15, 0.2) is 5.96 Å². The monoisotopic (exact) mass is 307 g/mol. The SMILES string of the molecule is CC1(c2ccc(F)cc2F)CN=C(N)N1Cc1cccs1. The van der Waals surface area contributed by atoms with Crippen LogP contribution in [0, 0.1) is 11.6 Å². The van der Waals surface area contributed by atoms with Gasteiger partial charge in [0, 0.05) is 16.5 Å². The van der Waals surface area contributed by atoms with Gasteiger partial charge < -0.3 is 10.6 Å². The number of nitrogens with two attached hydrogens (primary N) is 1. The average molecular weight is 307 g/mol. The predicted octanol–water partition coefficient (Wildman–Crippen LogP) is 3.07. The highest BCUT2D eigenvalue weighted by Gasteiger charge is 2.41. The summed E-state index contributed by atoms with van der Waals surface area (Å²) in [4.78, 5) is 7.24. The van der Waals surface area contributed by atoms with Crippen LogP contribution < -0.4 is 5.73 Å². The van der Waals surface area contributed by atoms with Gasteiger partial charge in [0.25, 0.3) is 0 Å². The van der Waals surface area contributed by atoms with E-state index in [2.05, 4.69) is 4.99 Å². The zero-order valence-corrected chi connectivity index (χ0v) is 12.3. The molecule has 0 bridgehead atoms. The summed E-state index contributed by atoms with van der Waals surface area (Å²) in [6.07, 6.45) is 0. The Morgan fingerprint density at radius 1 is 1.38 bits per heavy atom. The molecule has 0 saturated heterocycles. The van der Waals surface area contributed by atoms with Gasteiger partial charge in [-0.2, -0.15) is 0 Å². The fourth-order valence-corrected chi connectivity index (χ4v) is 3.32. The highest BCUT2D eigenvalue weighted by atomic mass is 32.1. The summed E-state index contributed by atoms with van der Waals surface area (Å²) in [5.74, 6) is -0.773. The minimum absolute atomic E-state index is 0.354. The van der Waals surface area contributed by atoms with Gasteiger partial charge in [0.05, 0.1) is 18.6 Å². The lowest BCUT2D eigenvalue weighted by Crippen LogP contribution is -2.47. The summed E-state index contributed by atoms with van der Waals surface area (Å²) in [5.41, 5.74) is 5.68. The normalized spacial score (nSPS) is 21.7. The lowest BCUT2D eigenvalue weighted by atomic mass is 9.90. The van der Waals surface area contributed by atoms with Crippen molar-refractivity contribution in [1.29, 1.82) is 0 Å². The number of guanidine groups is 1. The molecule has 0 amide bonds. The lowest BCUT2D eigenvalue weighted by Gasteiger charge is -2.36. The second-order valence-electron chi connectivity index (χ2n) is 5.24. The van der Waals surface area contributed by atoms with Crippen LogP contribution >= 0.6 is 11.3 Å². The molecule has 2 aromatic rings. The molecular weight excluding hydrogens is 292 g/mol. The van der Waals surface area contributed by atoms with Crippen LogP contribution in [0.4, 0.5) is 8.78 Å². The van der Waals surface area contributed by atoms with Gasteiger partial charge in [-0.15, -0.1) is 11.3 Å². The summed E-state index contributed by atoms with van der Waals surface area (Å²) >= 11 is 1.61. The maximum Gasteiger partial charge on any atom is 0.192 e. The number of halogens is 2. The standard InChI is InChI=1S/C15H15F2N3S/c1-15(12-5-4-10(16)7-13(12)17)9-19-14(18)20(15)8-11-3-2-6-21-11/h2-7H,8-9H2,1H3,(H2,18,19). The van der Waals surface area contributed by atoms with Crippen molar-refractivity contribution in [3.63, 3.8) is 0 Å². The van der Waals surface area contributed by atoms with E-state index in [1.807, 2.05) is 29.3 Å². The van der Waals surface area contributed by atoms with E-state index in [-0.39, 0.29) is 0 Å². The van der Waals surface area contributed by atoms with Crippen LogP contribution in [-0.4, -0.2) is 17.4 Å². The Hall–Kier alpha value is -1.95. The van der Waals surface area contributed by atoms with Gasteiger partial charge in [0.2, 0.25) is 0 Å². The van der Waals surface area contributed by atoms with Gasteiger partial charge in [-0.25, -0.2) is 8.78 Å². The van der Waals surface area contributed by atoms with Crippen LogP contribution in [0.25, 0.3) is 0 Å². The van der Waals surface area contributed by atoms with Crippen LogP contribution in [0.1, 0.15) is 17.4 Å². The predicted molar refractivity (Wildman–Crippen MR) is 80.1 cm³/mol. The van der Waals surface area contributed by atoms with Gasteiger partial charge in [-0.3, -0.25) is 4.99 Å². The fraction of sp³-hybridized carbons (Fsp3) is 0.267. The third-order valence-electron chi connectivity index (χ3n) is 3.83. The Labute approximate surface area is 125 Å². The molecule has 3 nitrogen and oxygen atoms in total. The summed E-state index contributed by atoms with van der Waals surface area (Å²) in [6.45, 7) is 2.79. The van der Waals surface area contributed by atoms with Crippen molar-refractivity contribution in [2.45, 2.75) is 19.0 Å². The summed E-state index contributed by atoms with van der Waals surface area (Å²) in [7, 11) is 0. The third-order valence-corrected chi connectivity index (χ3v) is 4.69. The Balaban J connectivity index is 1.98. The van der Waals surface area contributed by atoms with Crippen molar-refractivity contribution in [3.8, 4) is 0 Å². The molecule has 1 aliphatic heterocycles. The molecule has 2 N–H and O–H groups in total. The zero-order valence-electron chi connectivity index (χ0n) is 11.5. The molecule has 2 heterocycles. The molecule has 3 rings (SSSR count). The Morgan fingerprint density at radius 2 is 2.19 bits per heavy atom. The number of rotatable bonds is 3. The molecule has 0 radical (unpaired) electrons. The van der Waals surface area contributed by atoms with E-state index in [4.69, 9.17) is 5.73 Å². The van der Waals surface area contributed by atoms with E-state index in [0.29, 0.717) is 24.6 Å². The average Bonchev–Trinajstić information content (AvgIpc) is 3.03. The first-order chi connectivity index (χ1) is 10.0. The van der Waals surface area contributed by atoms with Gasteiger partial charge in [0.1, 0.15) is 11.6 Å². The van der Waals surface area contributed by atoms with E-state index in [1.165, 1.54) is 12.1 Å². The van der Waals surface area contributed by atoms with E-state index in [1.54, 1.807) is 11.3 Å². The summed E-state index contributed by atoms with van der Waals surface area (Å²) in [6, 6.07) is 7.59. The summed E-state index contributed by atoms with van der Waals surface area (Å²) < 4.78 is 27.3. The van der Waals surface area contributed by atoms with Crippen molar-refractivity contribution in [2.75, 3.05) is 6.54 Å². The van der Waals surface area contributed by atoms with Crippen LogP contribution in [0.5, 0.6) is 0 Å². The smallest absolute Gasteiger partial charge is 0.192 e. The maximum atomic E-state index is 14.2. The summed E-state index contributed by atoms with van der Waals surface area (Å²) in [5, 5.41) is 1.98. The van der Waals surface area contributed by atoms with E-state index in [9.17, 15) is 8.78 Å². The molecule has 110 valence electrons. The van der Waals surface area contributed by atoms with Crippen molar-refractivity contribution in [2.24, 2.45) is 10.7 Å². The second-order valence-corrected chi connectivity index (χ2v) is 6.27. The van der Waals surface area contributed by atoms with Gasteiger partial charge in [-0.1, -0.05) is 12.1 Å². The van der Waals surface area contributed by atoms with Crippen LogP contribution in [0.15, 0.2) is 40.7 Å².